The van der Waals surface area contributed by atoms with Gasteiger partial charge in [-0.2, -0.15) is 9.97 Å². The molecule has 0 radical (unpaired) electrons. The van der Waals surface area contributed by atoms with Crippen LogP contribution in [-0.2, 0) is 0 Å². The fourth-order valence-electron chi connectivity index (χ4n) is 1.76. The van der Waals surface area contributed by atoms with E-state index >= 15 is 0 Å². The Balaban J connectivity index is 1.66. The van der Waals surface area contributed by atoms with Crippen molar-refractivity contribution < 1.29 is 9.05 Å². The van der Waals surface area contributed by atoms with E-state index in [0.29, 0.717) is 17.3 Å². The molecule has 0 saturated carbocycles. The van der Waals surface area contributed by atoms with Gasteiger partial charge in [0.25, 0.3) is 0 Å². The van der Waals surface area contributed by atoms with Crippen LogP contribution in [0.3, 0.4) is 0 Å². The maximum absolute atomic E-state index is 5.14. The molecule has 0 amide bonds. The van der Waals surface area contributed by atoms with Crippen LogP contribution in [0.1, 0.15) is 0 Å². The summed E-state index contributed by atoms with van der Waals surface area (Å²) in [5, 5.41) is 7.69. The van der Waals surface area contributed by atoms with Gasteiger partial charge in [-0.25, -0.2) is 4.98 Å². The lowest BCUT2D eigenvalue weighted by Gasteiger charge is -1.89. The molecular weight excluding hydrogens is 286 g/mol. The third-order valence-corrected chi connectivity index (χ3v) is 2.77. The van der Waals surface area contributed by atoms with E-state index in [4.69, 9.17) is 9.05 Å². The van der Waals surface area contributed by atoms with E-state index in [-0.39, 0.29) is 11.8 Å². The molecule has 0 unspecified atom stereocenters. The highest BCUT2D eigenvalue weighted by atomic mass is 16.5. The smallest absolute Gasteiger partial charge is 0.316 e. The van der Waals surface area contributed by atoms with Gasteiger partial charge < -0.3 is 9.05 Å². The van der Waals surface area contributed by atoms with Crippen molar-refractivity contribution in [3.8, 4) is 34.7 Å². The zero-order valence-corrected chi connectivity index (χ0v) is 11.0. The summed E-state index contributed by atoms with van der Waals surface area (Å²) in [7, 11) is 0. The summed E-state index contributed by atoms with van der Waals surface area (Å²) in [5.74, 6) is 0.964. The van der Waals surface area contributed by atoms with Gasteiger partial charge in [-0.15, -0.1) is 0 Å². The largest absolute Gasteiger partial charge is 0.328 e. The quantitative estimate of drug-likeness (QED) is 0.555. The van der Waals surface area contributed by atoms with Crippen molar-refractivity contribution in [3.05, 3.63) is 43.1 Å². The Morgan fingerprint density at radius 3 is 2.18 bits per heavy atom. The molecule has 0 bridgehead atoms. The van der Waals surface area contributed by atoms with Crippen molar-refractivity contribution in [3.63, 3.8) is 0 Å². The summed E-state index contributed by atoms with van der Waals surface area (Å²) in [4.78, 5) is 20.4. The maximum atomic E-state index is 5.14. The van der Waals surface area contributed by atoms with Crippen LogP contribution in [0.15, 0.2) is 52.2 Å². The van der Waals surface area contributed by atoms with Gasteiger partial charge in [0.2, 0.25) is 11.6 Å². The van der Waals surface area contributed by atoms with Crippen molar-refractivity contribution >= 4 is 0 Å². The molecule has 4 heterocycles. The standard InChI is InChI=1S/C13H7N7O2/c1-3-14-4-2-8(1)10-17-12(21-19-10)13-18-11(20-22-13)9-7-15-5-6-16-9/h1-7H. The summed E-state index contributed by atoms with van der Waals surface area (Å²) in [6, 6.07) is 3.54. The Labute approximate surface area is 123 Å². The Morgan fingerprint density at radius 1 is 0.727 bits per heavy atom. The molecule has 4 aromatic rings. The van der Waals surface area contributed by atoms with E-state index in [2.05, 4.69) is 35.2 Å². The first-order chi connectivity index (χ1) is 10.9. The number of pyridine rings is 1. The van der Waals surface area contributed by atoms with Crippen LogP contribution in [0.2, 0.25) is 0 Å². The third-order valence-electron chi connectivity index (χ3n) is 2.77. The molecular formula is C13H7N7O2. The second kappa shape index (κ2) is 5.13. The van der Waals surface area contributed by atoms with Crippen molar-refractivity contribution in [2.24, 2.45) is 0 Å². The summed E-state index contributed by atoms with van der Waals surface area (Å²) in [6.07, 6.45) is 7.92. The van der Waals surface area contributed by atoms with Crippen LogP contribution < -0.4 is 0 Å². The molecule has 4 aromatic heterocycles. The Morgan fingerprint density at radius 2 is 1.45 bits per heavy atom. The molecule has 106 valence electrons. The third kappa shape index (κ3) is 2.20. The number of rotatable bonds is 3. The lowest BCUT2D eigenvalue weighted by molar-refractivity contribution is 0.383. The molecule has 0 aliphatic rings. The van der Waals surface area contributed by atoms with Crippen LogP contribution in [0, 0.1) is 0 Å². The van der Waals surface area contributed by atoms with E-state index < -0.39 is 0 Å². The van der Waals surface area contributed by atoms with Gasteiger partial charge in [0.15, 0.2) is 0 Å². The number of nitrogens with zero attached hydrogens (tertiary/aromatic N) is 7. The molecule has 9 heteroatoms. The second-order valence-electron chi connectivity index (χ2n) is 4.17. The molecule has 0 fully saturated rings. The average Bonchev–Trinajstić information content (AvgIpc) is 3.26. The highest BCUT2D eigenvalue weighted by Crippen LogP contribution is 2.22. The fourth-order valence-corrected chi connectivity index (χ4v) is 1.76. The van der Waals surface area contributed by atoms with E-state index in [9.17, 15) is 0 Å². The predicted octanol–water partition coefficient (Wildman–Crippen LogP) is 1.64. The topological polar surface area (TPSA) is 117 Å². The van der Waals surface area contributed by atoms with Crippen LogP contribution in [0.4, 0.5) is 0 Å². The highest BCUT2D eigenvalue weighted by molar-refractivity contribution is 5.56. The van der Waals surface area contributed by atoms with Crippen LogP contribution in [0.25, 0.3) is 34.7 Å². The highest BCUT2D eigenvalue weighted by Gasteiger charge is 2.18. The van der Waals surface area contributed by atoms with E-state index in [1.165, 1.54) is 6.20 Å². The van der Waals surface area contributed by atoms with Crippen LogP contribution in [-0.4, -0.2) is 35.2 Å². The molecule has 22 heavy (non-hydrogen) atoms. The number of aromatic nitrogens is 7. The molecule has 0 aliphatic heterocycles. The molecule has 0 aliphatic carbocycles. The minimum atomic E-state index is 0.119. The first-order valence-electron chi connectivity index (χ1n) is 6.25. The molecule has 4 rings (SSSR count). The summed E-state index contributed by atoms with van der Waals surface area (Å²) in [5.41, 5.74) is 1.27. The molecule has 0 saturated heterocycles. The minimum absolute atomic E-state index is 0.119. The van der Waals surface area contributed by atoms with Crippen molar-refractivity contribution in [1.29, 1.82) is 0 Å². The summed E-state index contributed by atoms with van der Waals surface area (Å²) in [6.45, 7) is 0. The monoisotopic (exact) mass is 293 g/mol. The molecule has 0 atom stereocenters. The molecule has 0 spiro atoms. The second-order valence-corrected chi connectivity index (χ2v) is 4.17. The van der Waals surface area contributed by atoms with Crippen LogP contribution in [0.5, 0.6) is 0 Å². The minimum Gasteiger partial charge on any atom is -0.328 e. The Kier molecular flexibility index (Phi) is 2.86. The molecule has 0 N–H and O–H groups in total. The van der Waals surface area contributed by atoms with E-state index in [0.717, 1.165) is 5.56 Å². The normalized spacial score (nSPS) is 10.7. The zero-order chi connectivity index (χ0) is 14.8. The first-order valence-corrected chi connectivity index (χ1v) is 6.25. The van der Waals surface area contributed by atoms with Gasteiger partial charge in [-0.1, -0.05) is 10.3 Å². The maximum Gasteiger partial charge on any atom is 0.316 e. The van der Waals surface area contributed by atoms with Gasteiger partial charge in [0, 0.05) is 30.4 Å². The van der Waals surface area contributed by atoms with Crippen LogP contribution >= 0.6 is 0 Å². The van der Waals surface area contributed by atoms with E-state index in [1.54, 1.807) is 36.9 Å². The molecule has 9 nitrogen and oxygen atoms in total. The zero-order valence-electron chi connectivity index (χ0n) is 11.0. The van der Waals surface area contributed by atoms with Crippen molar-refractivity contribution in [2.75, 3.05) is 0 Å². The van der Waals surface area contributed by atoms with Crippen molar-refractivity contribution in [2.45, 2.75) is 0 Å². The predicted molar refractivity (Wildman–Crippen MR) is 71.8 cm³/mol. The molecule has 0 aromatic carbocycles. The van der Waals surface area contributed by atoms with Gasteiger partial charge in [0.1, 0.15) is 5.69 Å². The summed E-state index contributed by atoms with van der Waals surface area (Å²) >= 11 is 0. The Hall–Kier alpha value is -3.49. The lowest BCUT2D eigenvalue weighted by Crippen LogP contribution is -1.86. The first kappa shape index (κ1) is 12.3. The number of hydrogen-bond donors (Lipinski definition) is 0. The lowest BCUT2D eigenvalue weighted by atomic mass is 10.2. The van der Waals surface area contributed by atoms with Gasteiger partial charge >= 0.3 is 11.8 Å². The van der Waals surface area contributed by atoms with Gasteiger partial charge in [-0.3, -0.25) is 9.97 Å². The fraction of sp³-hybridized carbons (Fsp3) is 0. The number of hydrogen-bond acceptors (Lipinski definition) is 9. The van der Waals surface area contributed by atoms with Crippen molar-refractivity contribution in [1.82, 2.24) is 35.2 Å². The summed E-state index contributed by atoms with van der Waals surface area (Å²) < 4.78 is 10.3. The van der Waals surface area contributed by atoms with Gasteiger partial charge in [0.05, 0.1) is 6.20 Å². The van der Waals surface area contributed by atoms with Gasteiger partial charge in [-0.05, 0) is 12.1 Å². The van der Waals surface area contributed by atoms with E-state index in [1.807, 2.05) is 0 Å². The SMILES string of the molecule is c1cc(-c2noc(-c3nc(-c4cnccn4)no3)n2)ccn1. The average molecular weight is 293 g/mol. The Bertz CT molecular complexity index is 813.